The Morgan fingerprint density at radius 1 is 1.23 bits per heavy atom. The highest BCUT2D eigenvalue weighted by Crippen LogP contribution is 2.39. The van der Waals surface area contributed by atoms with Crippen molar-refractivity contribution < 1.29 is 23.8 Å². The molecule has 8 heteroatoms. The van der Waals surface area contributed by atoms with Gasteiger partial charge in [-0.2, -0.15) is 0 Å². The van der Waals surface area contributed by atoms with E-state index in [1.807, 2.05) is 6.92 Å². The second kappa shape index (κ2) is 8.93. The maximum atomic E-state index is 12.6. The third-order valence-corrected chi connectivity index (χ3v) is 4.65. The van der Waals surface area contributed by atoms with Gasteiger partial charge in [-0.1, -0.05) is 13.3 Å². The summed E-state index contributed by atoms with van der Waals surface area (Å²) < 4.78 is 16.9. The number of nitrogens with one attached hydrogen (secondary N) is 2. The summed E-state index contributed by atoms with van der Waals surface area (Å²) in [5.74, 6) is 0.596. The smallest absolute Gasteiger partial charge is 0.338 e. The van der Waals surface area contributed by atoms with Crippen LogP contribution in [0.1, 0.15) is 38.3 Å². The van der Waals surface area contributed by atoms with Crippen molar-refractivity contribution in [3.63, 3.8) is 0 Å². The van der Waals surface area contributed by atoms with Gasteiger partial charge in [0.05, 0.1) is 36.9 Å². The van der Waals surface area contributed by atoms with Gasteiger partial charge in [-0.15, -0.1) is 0 Å². The number of carbonyl (C=O) groups excluding carboxylic acids is 2. The lowest BCUT2D eigenvalue weighted by Crippen LogP contribution is -2.45. The standard InChI is InChI=1S/C18H23BrN2O5/c1-5-6-7-26-17(22)15-10(2)20-18(23)21-16(15)11-8-14(25-4)12(19)9-13(11)24-3/h8-9,16H,5-7H2,1-4H3,(H2,20,21,23). The van der Waals surface area contributed by atoms with E-state index in [1.165, 1.54) is 7.11 Å². The molecule has 1 aromatic carbocycles. The summed E-state index contributed by atoms with van der Waals surface area (Å²) in [4.78, 5) is 24.7. The summed E-state index contributed by atoms with van der Waals surface area (Å²) in [7, 11) is 3.06. The Labute approximate surface area is 161 Å². The van der Waals surface area contributed by atoms with Gasteiger partial charge in [-0.05, 0) is 41.4 Å². The first-order valence-electron chi connectivity index (χ1n) is 8.29. The lowest BCUT2D eigenvalue weighted by atomic mass is 9.94. The van der Waals surface area contributed by atoms with Crippen LogP contribution in [-0.4, -0.2) is 32.8 Å². The van der Waals surface area contributed by atoms with Gasteiger partial charge in [-0.3, -0.25) is 0 Å². The van der Waals surface area contributed by atoms with Crippen LogP contribution in [0.3, 0.4) is 0 Å². The number of amides is 2. The third-order valence-electron chi connectivity index (χ3n) is 4.04. The van der Waals surface area contributed by atoms with Gasteiger partial charge in [0.25, 0.3) is 0 Å². The van der Waals surface area contributed by atoms with Crippen LogP contribution >= 0.6 is 15.9 Å². The summed E-state index contributed by atoms with van der Waals surface area (Å²) in [6, 6.07) is 2.35. The number of allylic oxidation sites excluding steroid dienone is 1. The molecule has 1 heterocycles. The van der Waals surface area contributed by atoms with E-state index in [0.29, 0.717) is 39.4 Å². The van der Waals surface area contributed by atoms with Crippen LogP contribution in [0.15, 0.2) is 27.9 Å². The quantitative estimate of drug-likeness (QED) is 0.515. The highest BCUT2D eigenvalue weighted by atomic mass is 79.9. The molecule has 0 bridgehead atoms. The Kier molecular flexibility index (Phi) is 6.90. The maximum absolute atomic E-state index is 12.6. The second-order valence-corrected chi connectivity index (χ2v) is 6.64. The van der Waals surface area contributed by atoms with E-state index >= 15 is 0 Å². The zero-order chi connectivity index (χ0) is 19.3. The summed E-state index contributed by atoms with van der Waals surface area (Å²) in [6.07, 6.45) is 1.69. The Morgan fingerprint density at radius 3 is 2.54 bits per heavy atom. The number of carbonyl (C=O) groups is 2. The number of hydrogen-bond donors (Lipinski definition) is 2. The molecular weight excluding hydrogens is 404 g/mol. The number of methoxy groups -OCH3 is 2. The number of urea groups is 1. The number of esters is 1. The summed E-state index contributed by atoms with van der Waals surface area (Å²) in [5.41, 5.74) is 1.39. The van der Waals surface area contributed by atoms with Gasteiger partial charge >= 0.3 is 12.0 Å². The zero-order valence-electron chi connectivity index (χ0n) is 15.3. The molecule has 2 amide bonds. The average Bonchev–Trinajstić information content (AvgIpc) is 2.60. The molecule has 2 N–H and O–H groups in total. The second-order valence-electron chi connectivity index (χ2n) is 5.79. The fourth-order valence-corrected chi connectivity index (χ4v) is 3.18. The van der Waals surface area contributed by atoms with Crippen molar-refractivity contribution in [3.05, 3.63) is 33.4 Å². The molecule has 1 atom stereocenters. The number of halogens is 1. The van der Waals surface area contributed by atoms with Crippen LogP contribution in [0.4, 0.5) is 4.79 Å². The SMILES string of the molecule is CCCCOC(=O)C1=C(C)NC(=O)NC1c1cc(OC)c(Br)cc1OC. The monoisotopic (exact) mass is 426 g/mol. The number of unbranched alkanes of at least 4 members (excludes halogenated alkanes) is 1. The summed E-state index contributed by atoms with van der Waals surface area (Å²) in [5, 5.41) is 5.40. The predicted molar refractivity (Wildman–Crippen MR) is 100 cm³/mol. The molecule has 1 aromatic rings. The van der Waals surface area contributed by atoms with Crippen LogP contribution in [-0.2, 0) is 9.53 Å². The van der Waals surface area contributed by atoms with E-state index in [-0.39, 0.29) is 0 Å². The van der Waals surface area contributed by atoms with Crippen molar-refractivity contribution in [1.29, 1.82) is 0 Å². The van der Waals surface area contributed by atoms with Gasteiger partial charge in [0, 0.05) is 11.3 Å². The molecule has 26 heavy (non-hydrogen) atoms. The van der Waals surface area contributed by atoms with E-state index in [1.54, 1.807) is 26.2 Å². The fourth-order valence-electron chi connectivity index (χ4n) is 2.69. The summed E-state index contributed by atoms with van der Waals surface area (Å²) >= 11 is 3.41. The lowest BCUT2D eigenvalue weighted by Gasteiger charge is -2.29. The Hall–Kier alpha value is -2.22. The fraction of sp³-hybridized carbons (Fsp3) is 0.444. The van der Waals surface area contributed by atoms with Gasteiger partial charge in [0.15, 0.2) is 0 Å². The first-order valence-corrected chi connectivity index (χ1v) is 9.09. The van der Waals surface area contributed by atoms with Crippen LogP contribution in [0.5, 0.6) is 11.5 Å². The minimum atomic E-state index is -0.713. The molecule has 1 unspecified atom stereocenters. The van der Waals surface area contributed by atoms with Crippen molar-refractivity contribution in [1.82, 2.24) is 10.6 Å². The van der Waals surface area contributed by atoms with E-state index in [4.69, 9.17) is 14.2 Å². The van der Waals surface area contributed by atoms with Crippen LogP contribution in [0, 0.1) is 0 Å². The van der Waals surface area contributed by atoms with Gasteiger partial charge in [0.2, 0.25) is 0 Å². The zero-order valence-corrected chi connectivity index (χ0v) is 16.9. The first-order chi connectivity index (χ1) is 12.4. The Morgan fingerprint density at radius 2 is 1.92 bits per heavy atom. The molecule has 0 radical (unpaired) electrons. The van der Waals surface area contributed by atoms with Crippen LogP contribution in [0.25, 0.3) is 0 Å². The minimum absolute atomic E-state index is 0.327. The Balaban J connectivity index is 2.49. The van der Waals surface area contributed by atoms with Gasteiger partial charge in [-0.25, -0.2) is 9.59 Å². The molecule has 0 aromatic heterocycles. The third kappa shape index (κ3) is 4.30. The molecule has 0 aliphatic carbocycles. The molecule has 1 aliphatic heterocycles. The van der Waals surface area contributed by atoms with Crippen molar-refractivity contribution in [2.24, 2.45) is 0 Å². The number of benzene rings is 1. The van der Waals surface area contributed by atoms with E-state index in [0.717, 1.165) is 12.8 Å². The lowest BCUT2D eigenvalue weighted by molar-refractivity contribution is -0.139. The van der Waals surface area contributed by atoms with E-state index in [9.17, 15) is 9.59 Å². The predicted octanol–water partition coefficient (Wildman–Crippen LogP) is 3.44. The van der Waals surface area contributed by atoms with Crippen molar-refractivity contribution in [2.75, 3.05) is 20.8 Å². The maximum Gasteiger partial charge on any atom is 0.338 e. The van der Waals surface area contributed by atoms with Crippen LogP contribution in [0.2, 0.25) is 0 Å². The summed E-state index contributed by atoms with van der Waals surface area (Å²) in [6.45, 7) is 4.01. The van der Waals surface area contributed by atoms with Crippen molar-refractivity contribution in [3.8, 4) is 11.5 Å². The highest BCUT2D eigenvalue weighted by molar-refractivity contribution is 9.10. The molecule has 7 nitrogen and oxygen atoms in total. The van der Waals surface area contributed by atoms with E-state index < -0.39 is 18.0 Å². The molecule has 0 saturated carbocycles. The highest BCUT2D eigenvalue weighted by Gasteiger charge is 2.34. The Bertz CT molecular complexity index is 733. The van der Waals surface area contributed by atoms with E-state index in [2.05, 4.69) is 26.6 Å². The first kappa shape index (κ1) is 20.1. The van der Waals surface area contributed by atoms with Crippen molar-refractivity contribution in [2.45, 2.75) is 32.7 Å². The van der Waals surface area contributed by atoms with Crippen LogP contribution < -0.4 is 20.1 Å². The molecular formula is C18H23BrN2O5. The minimum Gasteiger partial charge on any atom is -0.496 e. The molecule has 1 aliphatic rings. The normalized spacial score (nSPS) is 16.7. The number of hydrogen-bond acceptors (Lipinski definition) is 5. The topological polar surface area (TPSA) is 85.9 Å². The number of ether oxygens (including phenoxy) is 3. The molecule has 2 rings (SSSR count). The average molecular weight is 427 g/mol. The van der Waals surface area contributed by atoms with Gasteiger partial charge in [0.1, 0.15) is 11.5 Å². The molecule has 0 spiro atoms. The molecule has 0 fully saturated rings. The molecule has 0 saturated heterocycles. The molecule has 142 valence electrons. The van der Waals surface area contributed by atoms with Crippen molar-refractivity contribution >= 4 is 27.9 Å². The number of rotatable bonds is 7. The van der Waals surface area contributed by atoms with Gasteiger partial charge < -0.3 is 24.8 Å². The largest absolute Gasteiger partial charge is 0.496 e.